The fourth-order valence-electron chi connectivity index (χ4n) is 2.67. The van der Waals surface area contributed by atoms with Crippen molar-refractivity contribution in [2.75, 3.05) is 16.4 Å². The third-order valence-corrected chi connectivity index (χ3v) is 7.03. The van der Waals surface area contributed by atoms with Gasteiger partial charge in [-0.15, -0.1) is 11.8 Å². The average molecular weight is 405 g/mol. The van der Waals surface area contributed by atoms with Crippen LogP contribution >= 0.6 is 11.8 Å². The zero-order chi connectivity index (χ0) is 19.6. The summed E-state index contributed by atoms with van der Waals surface area (Å²) >= 11 is 1.39. The molecule has 27 heavy (non-hydrogen) atoms. The van der Waals surface area contributed by atoms with Crippen molar-refractivity contribution in [1.29, 1.82) is 0 Å². The van der Waals surface area contributed by atoms with E-state index in [-0.39, 0.29) is 34.1 Å². The summed E-state index contributed by atoms with van der Waals surface area (Å²) in [4.78, 5) is 24.8. The highest BCUT2D eigenvalue weighted by molar-refractivity contribution is 8.01. The molecule has 1 aliphatic rings. The first-order chi connectivity index (χ1) is 12.7. The number of rotatable bonds is 5. The van der Waals surface area contributed by atoms with Crippen LogP contribution in [0.5, 0.6) is 0 Å². The SMILES string of the molecule is Cc1cccc(NC(=O)CCS(=O)(=O)c2ccc3c(c2)NC(=O)C(C)S3)c1. The lowest BCUT2D eigenvalue weighted by Gasteiger charge is -2.21. The lowest BCUT2D eigenvalue weighted by atomic mass is 10.2. The molecule has 1 unspecified atom stereocenters. The van der Waals surface area contributed by atoms with Crippen LogP contribution in [0, 0.1) is 6.92 Å². The van der Waals surface area contributed by atoms with Gasteiger partial charge in [0.05, 0.1) is 21.6 Å². The molecule has 3 rings (SSSR count). The summed E-state index contributed by atoms with van der Waals surface area (Å²) in [5, 5.41) is 5.21. The van der Waals surface area contributed by atoms with E-state index < -0.39 is 9.84 Å². The molecule has 6 nitrogen and oxygen atoms in total. The molecule has 0 fully saturated rings. The Morgan fingerprint density at radius 3 is 2.74 bits per heavy atom. The number of fused-ring (bicyclic) bond motifs is 1. The fourth-order valence-corrected chi connectivity index (χ4v) is 4.87. The van der Waals surface area contributed by atoms with E-state index >= 15 is 0 Å². The van der Waals surface area contributed by atoms with Crippen molar-refractivity contribution in [2.45, 2.75) is 35.3 Å². The maximum absolute atomic E-state index is 12.6. The van der Waals surface area contributed by atoms with Crippen molar-refractivity contribution in [3.63, 3.8) is 0 Å². The van der Waals surface area contributed by atoms with E-state index in [4.69, 9.17) is 0 Å². The molecular weight excluding hydrogens is 384 g/mol. The smallest absolute Gasteiger partial charge is 0.237 e. The highest BCUT2D eigenvalue weighted by Gasteiger charge is 2.25. The molecule has 1 aliphatic heterocycles. The molecule has 142 valence electrons. The minimum absolute atomic E-state index is 0.0973. The Labute approximate surface area is 162 Å². The number of hydrogen-bond acceptors (Lipinski definition) is 5. The molecular formula is C19H20N2O4S2. The Hall–Kier alpha value is -2.32. The zero-order valence-corrected chi connectivity index (χ0v) is 16.6. The number of hydrogen-bond donors (Lipinski definition) is 2. The van der Waals surface area contributed by atoms with E-state index in [2.05, 4.69) is 10.6 Å². The van der Waals surface area contributed by atoms with Gasteiger partial charge in [0.2, 0.25) is 11.8 Å². The lowest BCUT2D eigenvalue weighted by molar-refractivity contribution is -0.116. The summed E-state index contributed by atoms with van der Waals surface area (Å²) in [6, 6.07) is 12.0. The van der Waals surface area contributed by atoms with Gasteiger partial charge in [0.25, 0.3) is 0 Å². The van der Waals surface area contributed by atoms with E-state index in [0.717, 1.165) is 10.5 Å². The summed E-state index contributed by atoms with van der Waals surface area (Å²) in [6.45, 7) is 3.70. The van der Waals surface area contributed by atoms with Crippen LogP contribution in [0.25, 0.3) is 0 Å². The maximum Gasteiger partial charge on any atom is 0.237 e. The number of aryl methyl sites for hydroxylation is 1. The van der Waals surface area contributed by atoms with Gasteiger partial charge in [0.1, 0.15) is 0 Å². The first kappa shape index (κ1) is 19.4. The van der Waals surface area contributed by atoms with E-state index in [1.165, 1.54) is 23.9 Å². The predicted octanol–water partition coefficient (Wildman–Crippen LogP) is 3.23. The Bertz CT molecular complexity index is 1000. The Morgan fingerprint density at radius 2 is 2.00 bits per heavy atom. The number of nitrogens with one attached hydrogen (secondary N) is 2. The first-order valence-corrected chi connectivity index (χ1v) is 11.0. The van der Waals surface area contributed by atoms with E-state index in [0.29, 0.717) is 11.4 Å². The molecule has 0 saturated heterocycles. The predicted molar refractivity (Wildman–Crippen MR) is 107 cm³/mol. The number of sulfone groups is 1. The topological polar surface area (TPSA) is 92.3 Å². The molecule has 0 aliphatic carbocycles. The molecule has 0 radical (unpaired) electrons. The Morgan fingerprint density at radius 1 is 1.22 bits per heavy atom. The quantitative estimate of drug-likeness (QED) is 0.798. The number of thioether (sulfide) groups is 1. The van der Waals surface area contributed by atoms with Gasteiger partial charge in [0, 0.05) is 17.0 Å². The van der Waals surface area contributed by atoms with Crippen molar-refractivity contribution < 1.29 is 18.0 Å². The van der Waals surface area contributed by atoms with E-state index in [9.17, 15) is 18.0 Å². The highest BCUT2D eigenvalue weighted by Crippen LogP contribution is 2.36. The van der Waals surface area contributed by atoms with Crippen LogP contribution in [0.15, 0.2) is 52.3 Å². The van der Waals surface area contributed by atoms with Gasteiger partial charge in [-0.1, -0.05) is 12.1 Å². The Kier molecular flexibility index (Phi) is 5.57. The molecule has 0 aromatic heterocycles. The number of carbonyl (C=O) groups excluding carboxylic acids is 2. The van der Waals surface area contributed by atoms with Crippen LogP contribution in [-0.4, -0.2) is 31.2 Å². The van der Waals surface area contributed by atoms with Crippen molar-refractivity contribution in [1.82, 2.24) is 0 Å². The second-order valence-electron chi connectivity index (χ2n) is 6.39. The molecule has 0 saturated carbocycles. The first-order valence-electron chi connectivity index (χ1n) is 8.45. The van der Waals surface area contributed by atoms with Crippen molar-refractivity contribution in [3.8, 4) is 0 Å². The molecule has 0 spiro atoms. The minimum Gasteiger partial charge on any atom is -0.326 e. The molecule has 1 heterocycles. The summed E-state index contributed by atoms with van der Waals surface area (Å²) in [6.07, 6.45) is -0.147. The van der Waals surface area contributed by atoms with Gasteiger partial charge in [-0.3, -0.25) is 9.59 Å². The van der Waals surface area contributed by atoms with Crippen molar-refractivity contribution in [2.24, 2.45) is 0 Å². The molecule has 0 bridgehead atoms. The molecule has 2 aromatic carbocycles. The van der Waals surface area contributed by atoms with Gasteiger partial charge in [-0.05, 0) is 49.7 Å². The van der Waals surface area contributed by atoms with E-state index in [1.807, 2.05) is 25.1 Å². The normalized spacial score (nSPS) is 16.4. The fraction of sp³-hybridized carbons (Fsp3) is 0.263. The van der Waals surface area contributed by atoms with Crippen molar-refractivity contribution >= 4 is 44.8 Å². The number of amides is 2. The highest BCUT2D eigenvalue weighted by atomic mass is 32.2. The second-order valence-corrected chi connectivity index (χ2v) is 9.89. The number of benzene rings is 2. The summed E-state index contributed by atoms with van der Waals surface area (Å²) in [7, 11) is -3.64. The molecule has 8 heteroatoms. The van der Waals surface area contributed by atoms with Crippen LogP contribution in [0.2, 0.25) is 0 Å². The van der Waals surface area contributed by atoms with Gasteiger partial charge in [-0.2, -0.15) is 0 Å². The standard InChI is InChI=1S/C19H20N2O4S2/c1-12-4-3-5-14(10-12)20-18(22)8-9-27(24,25)15-6-7-17-16(11-15)21-19(23)13(2)26-17/h3-7,10-11,13H,8-9H2,1-2H3,(H,20,22)(H,21,23). The van der Waals surface area contributed by atoms with Crippen LogP contribution in [0.3, 0.4) is 0 Å². The second kappa shape index (κ2) is 7.74. The third-order valence-electron chi connectivity index (χ3n) is 4.14. The zero-order valence-electron chi connectivity index (χ0n) is 15.0. The number of carbonyl (C=O) groups is 2. The summed E-state index contributed by atoms with van der Waals surface area (Å²) in [5.41, 5.74) is 2.14. The maximum atomic E-state index is 12.6. The van der Waals surface area contributed by atoms with Crippen LogP contribution in [0.1, 0.15) is 18.9 Å². The van der Waals surface area contributed by atoms with Crippen molar-refractivity contribution in [3.05, 3.63) is 48.0 Å². The van der Waals surface area contributed by atoms with E-state index in [1.54, 1.807) is 19.1 Å². The Balaban J connectivity index is 1.67. The summed E-state index contributed by atoms with van der Waals surface area (Å²) < 4.78 is 25.2. The van der Waals surface area contributed by atoms with Gasteiger partial charge in [-0.25, -0.2) is 8.42 Å². The van der Waals surface area contributed by atoms with Crippen LogP contribution < -0.4 is 10.6 Å². The van der Waals surface area contributed by atoms with Gasteiger partial charge < -0.3 is 10.6 Å². The largest absolute Gasteiger partial charge is 0.326 e. The van der Waals surface area contributed by atoms with Crippen LogP contribution in [-0.2, 0) is 19.4 Å². The monoisotopic (exact) mass is 404 g/mol. The molecule has 2 aromatic rings. The molecule has 2 N–H and O–H groups in total. The molecule has 1 atom stereocenters. The van der Waals surface area contributed by atoms with Crippen LogP contribution in [0.4, 0.5) is 11.4 Å². The van der Waals surface area contributed by atoms with Gasteiger partial charge in [0.15, 0.2) is 9.84 Å². The van der Waals surface area contributed by atoms with Gasteiger partial charge >= 0.3 is 0 Å². The number of anilines is 2. The average Bonchev–Trinajstić information content (AvgIpc) is 2.61. The summed E-state index contributed by atoms with van der Waals surface area (Å²) in [5.74, 6) is -0.819. The lowest BCUT2D eigenvalue weighted by Crippen LogP contribution is -2.26. The molecule has 2 amide bonds. The third kappa shape index (κ3) is 4.70. The minimum atomic E-state index is -3.64.